The number of fused-ring (bicyclic) bond motifs is 2. The van der Waals surface area contributed by atoms with Gasteiger partial charge in [-0.1, -0.05) is 12.2 Å². The highest BCUT2D eigenvalue weighted by Crippen LogP contribution is 2.38. The van der Waals surface area contributed by atoms with Crippen LogP contribution in [0.1, 0.15) is 12.0 Å². The van der Waals surface area contributed by atoms with E-state index in [0.717, 1.165) is 16.9 Å². The Morgan fingerprint density at radius 1 is 1.23 bits per heavy atom. The summed E-state index contributed by atoms with van der Waals surface area (Å²) in [5.74, 6) is -0.859. The zero-order chi connectivity index (χ0) is 21.3. The van der Waals surface area contributed by atoms with Crippen molar-refractivity contribution in [1.82, 2.24) is 10.6 Å². The Labute approximate surface area is 173 Å². The number of carbonyl (C=O) groups excluding carboxylic acids is 3. The first-order chi connectivity index (χ1) is 14.5. The SMILES string of the molecule is CNCC(=O)Nc1ccc2c(c1)C=C/C(=C1/C(=O)NC3=CC(C(=O)OC)=CCC31)N2. The molecule has 8 heteroatoms. The van der Waals surface area contributed by atoms with Gasteiger partial charge >= 0.3 is 5.97 Å². The molecule has 0 aromatic heterocycles. The van der Waals surface area contributed by atoms with Crippen molar-refractivity contribution in [3.05, 3.63) is 64.5 Å². The molecule has 2 heterocycles. The maximum atomic E-state index is 12.7. The molecule has 30 heavy (non-hydrogen) atoms. The van der Waals surface area contributed by atoms with Crippen molar-refractivity contribution in [2.75, 3.05) is 31.3 Å². The molecule has 1 unspecified atom stereocenters. The van der Waals surface area contributed by atoms with Crippen molar-refractivity contribution in [3.8, 4) is 0 Å². The van der Waals surface area contributed by atoms with Crippen LogP contribution >= 0.6 is 0 Å². The number of benzene rings is 1. The van der Waals surface area contributed by atoms with E-state index < -0.39 is 5.97 Å². The molecule has 1 atom stereocenters. The lowest BCUT2D eigenvalue weighted by Crippen LogP contribution is -2.25. The van der Waals surface area contributed by atoms with Crippen LogP contribution < -0.4 is 21.3 Å². The van der Waals surface area contributed by atoms with Crippen molar-refractivity contribution >= 4 is 35.2 Å². The normalized spacial score (nSPS) is 21.5. The number of allylic oxidation sites excluding steroid dienone is 3. The second kappa shape index (κ2) is 8.00. The maximum absolute atomic E-state index is 12.7. The maximum Gasteiger partial charge on any atom is 0.337 e. The fraction of sp³-hybridized carbons (Fsp3) is 0.227. The van der Waals surface area contributed by atoms with E-state index in [2.05, 4.69) is 21.3 Å². The summed E-state index contributed by atoms with van der Waals surface area (Å²) in [6.45, 7) is 0.236. The second-order valence-electron chi connectivity index (χ2n) is 7.16. The van der Waals surface area contributed by atoms with E-state index in [9.17, 15) is 14.4 Å². The minimum atomic E-state index is -0.418. The number of anilines is 2. The number of likely N-dealkylation sites (N-methyl/N-ethyl adjacent to an activating group) is 1. The molecule has 1 aromatic carbocycles. The zero-order valence-electron chi connectivity index (χ0n) is 16.7. The molecule has 2 aliphatic heterocycles. The predicted octanol–water partition coefficient (Wildman–Crippen LogP) is 1.67. The summed E-state index contributed by atoms with van der Waals surface area (Å²) < 4.78 is 4.76. The average molecular weight is 406 g/mol. The summed E-state index contributed by atoms with van der Waals surface area (Å²) >= 11 is 0. The first-order valence-electron chi connectivity index (χ1n) is 9.59. The third kappa shape index (κ3) is 3.65. The molecule has 3 aliphatic rings. The van der Waals surface area contributed by atoms with Gasteiger partial charge in [-0.25, -0.2) is 4.79 Å². The van der Waals surface area contributed by atoms with Gasteiger partial charge in [0.1, 0.15) is 0 Å². The fourth-order valence-corrected chi connectivity index (χ4v) is 3.80. The van der Waals surface area contributed by atoms with Crippen LogP contribution in [0.3, 0.4) is 0 Å². The van der Waals surface area contributed by atoms with E-state index in [-0.39, 0.29) is 24.3 Å². The minimum absolute atomic E-state index is 0.119. The first kappa shape index (κ1) is 19.7. The van der Waals surface area contributed by atoms with Crippen LogP contribution in [-0.2, 0) is 19.1 Å². The zero-order valence-corrected chi connectivity index (χ0v) is 16.7. The third-order valence-corrected chi connectivity index (χ3v) is 5.19. The van der Waals surface area contributed by atoms with E-state index in [1.165, 1.54) is 7.11 Å². The minimum Gasteiger partial charge on any atom is -0.465 e. The van der Waals surface area contributed by atoms with E-state index in [1.807, 2.05) is 30.4 Å². The summed E-state index contributed by atoms with van der Waals surface area (Å²) in [4.78, 5) is 36.2. The Hall–Kier alpha value is -3.65. The van der Waals surface area contributed by atoms with Gasteiger partial charge in [0.05, 0.1) is 19.2 Å². The molecule has 4 N–H and O–H groups in total. The monoisotopic (exact) mass is 406 g/mol. The average Bonchev–Trinajstić information content (AvgIpc) is 3.07. The molecule has 0 radical (unpaired) electrons. The fourth-order valence-electron chi connectivity index (χ4n) is 3.80. The molecule has 8 nitrogen and oxygen atoms in total. The smallest absolute Gasteiger partial charge is 0.337 e. The molecule has 1 fully saturated rings. The number of nitrogens with one attached hydrogen (secondary N) is 4. The molecular formula is C22H22N4O4. The number of esters is 1. The Balaban J connectivity index is 1.58. The molecule has 2 amide bonds. The highest BCUT2D eigenvalue weighted by Gasteiger charge is 2.37. The molecule has 0 spiro atoms. The van der Waals surface area contributed by atoms with Crippen LogP contribution in [0.5, 0.6) is 0 Å². The van der Waals surface area contributed by atoms with Crippen LogP contribution in [0.2, 0.25) is 0 Å². The Morgan fingerprint density at radius 2 is 2.07 bits per heavy atom. The largest absolute Gasteiger partial charge is 0.465 e. The topological polar surface area (TPSA) is 109 Å². The van der Waals surface area contributed by atoms with E-state index >= 15 is 0 Å². The van der Waals surface area contributed by atoms with Gasteiger partial charge in [0.2, 0.25) is 5.91 Å². The van der Waals surface area contributed by atoms with E-state index in [1.54, 1.807) is 19.2 Å². The number of methoxy groups -OCH3 is 1. The van der Waals surface area contributed by atoms with Crippen LogP contribution in [0.25, 0.3) is 6.08 Å². The van der Waals surface area contributed by atoms with Crippen molar-refractivity contribution in [2.45, 2.75) is 6.42 Å². The van der Waals surface area contributed by atoms with E-state index in [4.69, 9.17) is 4.74 Å². The number of hydrogen-bond donors (Lipinski definition) is 4. The van der Waals surface area contributed by atoms with E-state index in [0.29, 0.717) is 29.0 Å². The highest BCUT2D eigenvalue weighted by molar-refractivity contribution is 6.03. The predicted molar refractivity (Wildman–Crippen MR) is 113 cm³/mol. The lowest BCUT2D eigenvalue weighted by molar-refractivity contribution is -0.135. The Kier molecular flexibility index (Phi) is 5.24. The van der Waals surface area contributed by atoms with Gasteiger partial charge in [0.15, 0.2) is 0 Å². The quantitative estimate of drug-likeness (QED) is 0.448. The summed E-state index contributed by atoms with van der Waals surface area (Å²) in [6.07, 6.45) is 7.77. The van der Waals surface area contributed by atoms with Crippen molar-refractivity contribution in [1.29, 1.82) is 0 Å². The lowest BCUT2D eigenvalue weighted by atomic mass is 9.88. The summed E-state index contributed by atoms with van der Waals surface area (Å²) in [5, 5.41) is 11.8. The number of rotatable bonds is 4. The van der Waals surface area contributed by atoms with Crippen LogP contribution in [0.4, 0.5) is 11.4 Å². The van der Waals surface area contributed by atoms with Crippen LogP contribution in [0, 0.1) is 5.92 Å². The molecule has 4 rings (SSSR count). The van der Waals surface area contributed by atoms with Gasteiger partial charge < -0.3 is 26.0 Å². The highest BCUT2D eigenvalue weighted by atomic mass is 16.5. The lowest BCUT2D eigenvalue weighted by Gasteiger charge is -2.21. The van der Waals surface area contributed by atoms with Gasteiger partial charge in [-0.3, -0.25) is 9.59 Å². The standard InChI is InChI=1S/C22H22N4O4/c1-23-11-19(27)24-14-5-8-16-12(9-14)4-7-17(25-16)20-15-6-3-13(22(29)30-2)10-18(15)26-21(20)28/h3-5,7-10,15,23,25H,6,11H2,1-2H3,(H,24,27)(H,26,28)/b20-17-. The molecule has 1 aliphatic carbocycles. The second-order valence-corrected chi connectivity index (χ2v) is 7.16. The van der Waals surface area contributed by atoms with Crippen LogP contribution in [0.15, 0.2) is 59.0 Å². The number of ether oxygens (including phenoxy) is 1. The summed E-state index contributed by atoms with van der Waals surface area (Å²) in [5.41, 5.74) is 4.96. The Morgan fingerprint density at radius 3 is 2.83 bits per heavy atom. The molecule has 0 saturated carbocycles. The molecule has 0 bridgehead atoms. The number of hydrogen-bond acceptors (Lipinski definition) is 6. The van der Waals surface area contributed by atoms with Gasteiger partial charge in [0, 0.05) is 39.8 Å². The molecule has 154 valence electrons. The van der Waals surface area contributed by atoms with Crippen molar-refractivity contribution in [3.63, 3.8) is 0 Å². The number of carbonyl (C=O) groups is 3. The van der Waals surface area contributed by atoms with Gasteiger partial charge in [-0.2, -0.15) is 0 Å². The van der Waals surface area contributed by atoms with Gasteiger partial charge in [-0.15, -0.1) is 0 Å². The molecule has 1 saturated heterocycles. The van der Waals surface area contributed by atoms with Crippen molar-refractivity contribution in [2.24, 2.45) is 5.92 Å². The van der Waals surface area contributed by atoms with Gasteiger partial charge in [-0.05, 0) is 43.8 Å². The Bertz CT molecular complexity index is 1060. The summed E-state index contributed by atoms with van der Waals surface area (Å²) in [6, 6.07) is 5.56. The molecule has 1 aromatic rings. The van der Waals surface area contributed by atoms with Crippen LogP contribution in [-0.4, -0.2) is 38.5 Å². The summed E-state index contributed by atoms with van der Waals surface area (Å²) in [7, 11) is 3.05. The third-order valence-electron chi connectivity index (χ3n) is 5.19. The molecular weight excluding hydrogens is 384 g/mol. The number of amides is 2. The first-order valence-corrected chi connectivity index (χ1v) is 9.59. The van der Waals surface area contributed by atoms with Gasteiger partial charge in [0.25, 0.3) is 5.91 Å². The van der Waals surface area contributed by atoms with Crippen molar-refractivity contribution < 1.29 is 19.1 Å².